The molecule has 1 atom stereocenters. The second-order valence-electron chi connectivity index (χ2n) is 4.80. The Balaban J connectivity index is 2.81. The zero-order valence-corrected chi connectivity index (χ0v) is 12.3. The molecule has 0 spiro atoms. The van der Waals surface area contributed by atoms with Crippen molar-refractivity contribution in [2.24, 2.45) is 5.41 Å². The topological polar surface area (TPSA) is 20.2 Å². The van der Waals surface area contributed by atoms with E-state index >= 15 is 0 Å². The van der Waals surface area contributed by atoms with Gasteiger partial charge < -0.3 is 5.11 Å². The predicted octanol–water partition coefficient (Wildman–Crippen LogP) is 4.44. The minimum absolute atomic E-state index is 0.0730. The molecule has 1 N–H and O–H groups in total. The molecule has 1 nitrogen and oxygen atoms in total. The van der Waals surface area contributed by atoms with Crippen LogP contribution in [0.25, 0.3) is 0 Å². The maximum atomic E-state index is 10.2. The summed E-state index contributed by atoms with van der Waals surface area (Å²) < 4.78 is 0.963. The fourth-order valence-electron chi connectivity index (χ4n) is 1.41. The summed E-state index contributed by atoms with van der Waals surface area (Å²) in [5, 5.41) is 10.9. The first-order valence-electron chi connectivity index (χ1n) is 5.49. The van der Waals surface area contributed by atoms with Gasteiger partial charge in [-0.3, -0.25) is 0 Å². The number of rotatable bonds is 4. The van der Waals surface area contributed by atoms with E-state index in [2.05, 4.69) is 36.7 Å². The normalized spacial score (nSPS) is 13.9. The average Bonchev–Trinajstić information content (AvgIpc) is 2.22. The predicted molar refractivity (Wildman–Crippen MR) is 72.9 cm³/mol. The van der Waals surface area contributed by atoms with E-state index in [9.17, 15) is 5.11 Å². The van der Waals surface area contributed by atoms with Crippen LogP contribution in [0.4, 0.5) is 0 Å². The van der Waals surface area contributed by atoms with E-state index in [4.69, 9.17) is 11.6 Å². The van der Waals surface area contributed by atoms with Gasteiger partial charge in [-0.25, -0.2) is 0 Å². The first kappa shape index (κ1) is 14.0. The second kappa shape index (κ2) is 5.52. The fraction of sp³-hybridized carbons (Fsp3) is 0.538. The van der Waals surface area contributed by atoms with Crippen LogP contribution in [0, 0.1) is 5.41 Å². The van der Waals surface area contributed by atoms with Gasteiger partial charge in [0, 0.05) is 15.9 Å². The number of halogens is 2. The molecule has 0 saturated carbocycles. The summed E-state index contributed by atoms with van der Waals surface area (Å²) in [5.41, 5.74) is 0.926. The zero-order chi connectivity index (χ0) is 12.3. The van der Waals surface area contributed by atoms with Gasteiger partial charge in [-0.1, -0.05) is 54.4 Å². The van der Waals surface area contributed by atoms with Crippen LogP contribution in [-0.4, -0.2) is 11.2 Å². The third-order valence-corrected chi connectivity index (χ3v) is 4.09. The van der Waals surface area contributed by atoms with Gasteiger partial charge in [-0.05, 0) is 29.5 Å². The summed E-state index contributed by atoms with van der Waals surface area (Å²) in [6.45, 7) is 6.24. The van der Waals surface area contributed by atoms with Gasteiger partial charge in [0.05, 0.1) is 6.10 Å². The molecule has 3 heteroatoms. The van der Waals surface area contributed by atoms with Gasteiger partial charge in [0.15, 0.2) is 0 Å². The van der Waals surface area contributed by atoms with Gasteiger partial charge in [-0.2, -0.15) is 0 Å². The summed E-state index contributed by atoms with van der Waals surface area (Å²) in [6.07, 6.45) is 1.19. The molecule has 90 valence electrons. The maximum Gasteiger partial charge on any atom is 0.0631 e. The standard InChI is InChI=1S/C13H18BrClO/c1-4-13(2,3)12(16)7-9-5-6-10(14)8-11(9)15/h5-6,8,12,16H,4,7H2,1-3H3. The van der Waals surface area contributed by atoms with E-state index in [1.807, 2.05) is 18.2 Å². The number of hydrogen-bond acceptors (Lipinski definition) is 1. The Kier molecular flexibility index (Phi) is 4.84. The van der Waals surface area contributed by atoms with Crippen molar-refractivity contribution in [1.29, 1.82) is 0 Å². The Hall–Kier alpha value is -0.0500. The summed E-state index contributed by atoms with van der Waals surface area (Å²) >= 11 is 9.49. The van der Waals surface area contributed by atoms with Crippen molar-refractivity contribution >= 4 is 27.5 Å². The quantitative estimate of drug-likeness (QED) is 0.872. The summed E-state index contributed by atoms with van der Waals surface area (Å²) in [4.78, 5) is 0. The minimum Gasteiger partial charge on any atom is -0.392 e. The van der Waals surface area contributed by atoms with E-state index in [-0.39, 0.29) is 11.5 Å². The molecule has 1 unspecified atom stereocenters. The molecule has 0 heterocycles. The molecule has 0 amide bonds. The van der Waals surface area contributed by atoms with Gasteiger partial charge in [0.2, 0.25) is 0 Å². The largest absolute Gasteiger partial charge is 0.392 e. The lowest BCUT2D eigenvalue weighted by molar-refractivity contribution is 0.0480. The van der Waals surface area contributed by atoms with Crippen molar-refractivity contribution in [3.63, 3.8) is 0 Å². The lowest BCUT2D eigenvalue weighted by atomic mass is 9.81. The second-order valence-corrected chi connectivity index (χ2v) is 6.12. The van der Waals surface area contributed by atoms with Crippen LogP contribution in [0.15, 0.2) is 22.7 Å². The van der Waals surface area contributed by atoms with Crippen molar-refractivity contribution in [1.82, 2.24) is 0 Å². The van der Waals surface area contributed by atoms with E-state index in [0.29, 0.717) is 11.4 Å². The summed E-state index contributed by atoms with van der Waals surface area (Å²) in [7, 11) is 0. The molecular formula is C13H18BrClO. The van der Waals surface area contributed by atoms with Crippen molar-refractivity contribution in [3.8, 4) is 0 Å². The molecule has 0 aromatic heterocycles. The highest BCUT2D eigenvalue weighted by Crippen LogP contribution is 2.30. The van der Waals surface area contributed by atoms with Gasteiger partial charge >= 0.3 is 0 Å². The number of hydrogen-bond donors (Lipinski definition) is 1. The first-order valence-corrected chi connectivity index (χ1v) is 6.66. The van der Waals surface area contributed by atoms with E-state index in [1.165, 1.54) is 0 Å². The molecule has 0 bridgehead atoms. The molecule has 16 heavy (non-hydrogen) atoms. The third-order valence-electron chi connectivity index (χ3n) is 3.24. The van der Waals surface area contributed by atoms with Crippen LogP contribution in [0.2, 0.25) is 5.02 Å². The first-order chi connectivity index (χ1) is 7.36. The van der Waals surface area contributed by atoms with Crippen LogP contribution >= 0.6 is 27.5 Å². The Morgan fingerprint density at radius 3 is 2.56 bits per heavy atom. The van der Waals surface area contributed by atoms with Gasteiger partial charge in [0.1, 0.15) is 0 Å². The van der Waals surface area contributed by atoms with Crippen LogP contribution in [-0.2, 0) is 6.42 Å². The Morgan fingerprint density at radius 2 is 2.06 bits per heavy atom. The number of aliphatic hydroxyl groups excluding tert-OH is 1. The SMILES string of the molecule is CCC(C)(C)C(O)Cc1ccc(Br)cc1Cl. The smallest absolute Gasteiger partial charge is 0.0631 e. The fourth-order valence-corrected chi connectivity index (χ4v) is 2.16. The van der Waals surface area contributed by atoms with E-state index in [1.54, 1.807) is 0 Å². The van der Waals surface area contributed by atoms with Crippen molar-refractivity contribution in [3.05, 3.63) is 33.3 Å². The highest BCUT2D eigenvalue weighted by atomic mass is 79.9. The van der Waals surface area contributed by atoms with Gasteiger partial charge in [-0.15, -0.1) is 0 Å². The number of aliphatic hydroxyl groups is 1. The minimum atomic E-state index is -0.365. The van der Waals surface area contributed by atoms with Crippen molar-refractivity contribution in [2.75, 3.05) is 0 Å². The van der Waals surface area contributed by atoms with Crippen LogP contribution in [0.3, 0.4) is 0 Å². The Bertz CT molecular complexity index is 363. The Morgan fingerprint density at radius 1 is 1.44 bits per heavy atom. The third kappa shape index (κ3) is 3.47. The van der Waals surface area contributed by atoms with E-state index < -0.39 is 0 Å². The summed E-state index contributed by atoms with van der Waals surface area (Å²) in [5.74, 6) is 0. The molecule has 0 fully saturated rings. The lowest BCUT2D eigenvalue weighted by Gasteiger charge is -2.29. The van der Waals surface area contributed by atoms with Crippen LogP contribution in [0.5, 0.6) is 0 Å². The van der Waals surface area contributed by atoms with Gasteiger partial charge in [0.25, 0.3) is 0 Å². The zero-order valence-electron chi connectivity index (χ0n) is 9.93. The molecule has 0 radical (unpaired) electrons. The molecule has 0 aliphatic rings. The molecule has 1 aromatic rings. The highest BCUT2D eigenvalue weighted by molar-refractivity contribution is 9.10. The monoisotopic (exact) mass is 304 g/mol. The Labute approximate surface area is 111 Å². The summed E-state index contributed by atoms with van der Waals surface area (Å²) in [6, 6.07) is 5.77. The molecular weight excluding hydrogens is 287 g/mol. The van der Waals surface area contributed by atoms with Crippen molar-refractivity contribution < 1.29 is 5.11 Å². The van der Waals surface area contributed by atoms with E-state index in [0.717, 1.165) is 16.5 Å². The highest BCUT2D eigenvalue weighted by Gasteiger charge is 2.26. The van der Waals surface area contributed by atoms with Crippen LogP contribution in [0.1, 0.15) is 32.8 Å². The van der Waals surface area contributed by atoms with Crippen LogP contribution < -0.4 is 0 Å². The molecule has 0 aliphatic heterocycles. The molecule has 1 rings (SSSR count). The molecule has 0 saturated heterocycles. The average molecular weight is 306 g/mol. The van der Waals surface area contributed by atoms with Crippen molar-refractivity contribution in [2.45, 2.75) is 39.7 Å². The maximum absolute atomic E-state index is 10.2. The number of benzene rings is 1. The lowest BCUT2D eigenvalue weighted by Crippen LogP contribution is -2.30. The molecule has 1 aromatic carbocycles. The molecule has 0 aliphatic carbocycles.